The maximum absolute atomic E-state index is 12.0. The standard InChI is InChI=1S/C13H19NO3/c1-2-17-13(16)9-5-6-14-11-4-3-8(12(14)15)7-10(9)11/h8-11H,2-7H2,1H3/t8-,9+,10-,11-/m0/s1. The second-order valence-corrected chi connectivity index (χ2v) is 5.42. The molecule has 4 rings (SSSR count). The van der Waals surface area contributed by atoms with Crippen molar-refractivity contribution in [3.63, 3.8) is 0 Å². The lowest BCUT2D eigenvalue weighted by molar-refractivity contribution is -0.170. The molecule has 4 heteroatoms. The van der Waals surface area contributed by atoms with Crippen LogP contribution in [-0.2, 0) is 14.3 Å². The highest BCUT2D eigenvalue weighted by Gasteiger charge is 2.52. The smallest absolute Gasteiger partial charge is 0.309 e. The second-order valence-electron chi connectivity index (χ2n) is 5.42. The summed E-state index contributed by atoms with van der Waals surface area (Å²) in [6.07, 6.45) is 3.80. The van der Waals surface area contributed by atoms with Crippen molar-refractivity contribution in [2.75, 3.05) is 13.2 Å². The third-order valence-corrected chi connectivity index (χ3v) is 4.68. The number of esters is 1. The van der Waals surface area contributed by atoms with E-state index in [-0.39, 0.29) is 17.8 Å². The van der Waals surface area contributed by atoms with Gasteiger partial charge in [-0.15, -0.1) is 0 Å². The Morgan fingerprint density at radius 2 is 2.24 bits per heavy atom. The normalized spacial score (nSPS) is 39.4. The van der Waals surface area contributed by atoms with Crippen LogP contribution in [0.4, 0.5) is 0 Å². The van der Waals surface area contributed by atoms with Crippen LogP contribution < -0.4 is 0 Å². The quantitative estimate of drug-likeness (QED) is 0.678. The molecule has 0 aromatic heterocycles. The fourth-order valence-electron chi connectivity index (χ4n) is 3.94. The van der Waals surface area contributed by atoms with Gasteiger partial charge in [0.1, 0.15) is 0 Å². The van der Waals surface area contributed by atoms with Crippen molar-refractivity contribution in [2.45, 2.75) is 38.6 Å². The van der Waals surface area contributed by atoms with E-state index in [9.17, 15) is 9.59 Å². The molecule has 17 heavy (non-hydrogen) atoms. The third-order valence-electron chi connectivity index (χ3n) is 4.68. The molecule has 4 bridgehead atoms. The zero-order valence-electron chi connectivity index (χ0n) is 10.2. The van der Waals surface area contributed by atoms with Crippen LogP contribution in [0, 0.1) is 17.8 Å². The number of nitrogens with zero attached hydrogens (tertiary/aromatic N) is 1. The van der Waals surface area contributed by atoms with Crippen molar-refractivity contribution in [1.29, 1.82) is 0 Å². The number of amides is 1. The van der Waals surface area contributed by atoms with Crippen molar-refractivity contribution in [3.8, 4) is 0 Å². The minimum Gasteiger partial charge on any atom is -0.466 e. The first-order valence-electron chi connectivity index (χ1n) is 6.69. The maximum atomic E-state index is 12.0. The van der Waals surface area contributed by atoms with Gasteiger partial charge in [-0.2, -0.15) is 0 Å². The van der Waals surface area contributed by atoms with Gasteiger partial charge in [-0.05, 0) is 38.5 Å². The fraction of sp³-hybridized carbons (Fsp3) is 0.846. The Hall–Kier alpha value is -1.06. The predicted molar refractivity (Wildman–Crippen MR) is 61.1 cm³/mol. The molecule has 3 saturated heterocycles. The highest BCUT2D eigenvalue weighted by molar-refractivity contribution is 5.82. The molecule has 1 aliphatic carbocycles. The van der Waals surface area contributed by atoms with Crippen LogP contribution in [0.5, 0.6) is 0 Å². The van der Waals surface area contributed by atoms with Gasteiger partial charge in [-0.3, -0.25) is 9.59 Å². The number of hydrogen-bond donors (Lipinski definition) is 0. The predicted octanol–water partition coefficient (Wildman–Crippen LogP) is 1.20. The molecule has 94 valence electrons. The average Bonchev–Trinajstić information content (AvgIpc) is 2.35. The Balaban J connectivity index is 1.80. The van der Waals surface area contributed by atoms with Gasteiger partial charge in [0.15, 0.2) is 0 Å². The van der Waals surface area contributed by atoms with E-state index in [1.54, 1.807) is 0 Å². The van der Waals surface area contributed by atoms with Crippen LogP contribution >= 0.6 is 0 Å². The summed E-state index contributed by atoms with van der Waals surface area (Å²) in [5.41, 5.74) is 0. The molecular formula is C13H19NO3. The zero-order valence-corrected chi connectivity index (χ0v) is 10.2. The van der Waals surface area contributed by atoms with Crippen LogP contribution in [-0.4, -0.2) is 36.0 Å². The number of rotatable bonds is 2. The van der Waals surface area contributed by atoms with Crippen LogP contribution in [0.25, 0.3) is 0 Å². The summed E-state index contributed by atoms with van der Waals surface area (Å²) in [4.78, 5) is 26.0. The molecule has 3 aliphatic heterocycles. The minimum absolute atomic E-state index is 0.0344. The topological polar surface area (TPSA) is 46.6 Å². The van der Waals surface area contributed by atoms with Crippen molar-refractivity contribution >= 4 is 11.9 Å². The van der Waals surface area contributed by atoms with E-state index in [1.807, 2.05) is 11.8 Å². The molecule has 0 N–H and O–H groups in total. The van der Waals surface area contributed by atoms with E-state index in [1.165, 1.54) is 0 Å². The first kappa shape index (κ1) is 11.1. The van der Waals surface area contributed by atoms with Gasteiger partial charge in [0.25, 0.3) is 0 Å². The molecule has 1 saturated carbocycles. The number of carbonyl (C=O) groups excluding carboxylic acids is 2. The lowest BCUT2D eigenvalue weighted by atomic mass is 9.64. The van der Waals surface area contributed by atoms with E-state index in [2.05, 4.69) is 0 Å². The van der Waals surface area contributed by atoms with Crippen LogP contribution in [0.1, 0.15) is 32.6 Å². The molecule has 0 aromatic carbocycles. The summed E-state index contributed by atoms with van der Waals surface area (Å²) in [6.45, 7) is 3.06. The summed E-state index contributed by atoms with van der Waals surface area (Å²) in [5.74, 6) is 0.866. The van der Waals surface area contributed by atoms with Gasteiger partial charge in [0.05, 0.1) is 12.5 Å². The SMILES string of the molecule is CCOC(=O)[C@@H]1CCN2C(=O)[C@H]3CC[C@H]2[C@H]1C3. The lowest BCUT2D eigenvalue weighted by Gasteiger charge is -2.54. The number of hydrogen-bond acceptors (Lipinski definition) is 3. The summed E-state index contributed by atoms with van der Waals surface area (Å²) in [7, 11) is 0. The van der Waals surface area contributed by atoms with Gasteiger partial charge < -0.3 is 9.64 Å². The molecule has 3 heterocycles. The molecule has 0 spiro atoms. The Morgan fingerprint density at radius 3 is 3.00 bits per heavy atom. The van der Waals surface area contributed by atoms with Crippen molar-refractivity contribution < 1.29 is 14.3 Å². The van der Waals surface area contributed by atoms with E-state index in [0.717, 1.165) is 32.2 Å². The van der Waals surface area contributed by atoms with Gasteiger partial charge in [0.2, 0.25) is 5.91 Å². The molecule has 4 atom stereocenters. The maximum Gasteiger partial charge on any atom is 0.309 e. The zero-order chi connectivity index (χ0) is 12.0. The molecule has 0 unspecified atom stereocenters. The minimum atomic E-state index is -0.0443. The fourth-order valence-corrected chi connectivity index (χ4v) is 3.94. The van der Waals surface area contributed by atoms with E-state index < -0.39 is 0 Å². The van der Waals surface area contributed by atoms with Crippen molar-refractivity contribution in [3.05, 3.63) is 0 Å². The summed E-state index contributed by atoms with van der Waals surface area (Å²) < 4.78 is 5.16. The van der Waals surface area contributed by atoms with Crippen LogP contribution in [0.15, 0.2) is 0 Å². The number of fused-ring (bicyclic) bond motifs is 1. The highest BCUT2D eigenvalue weighted by Crippen LogP contribution is 2.47. The summed E-state index contributed by atoms with van der Waals surface area (Å²) in [5, 5.41) is 0. The van der Waals surface area contributed by atoms with Gasteiger partial charge in [-0.1, -0.05) is 0 Å². The molecule has 4 fully saturated rings. The van der Waals surface area contributed by atoms with E-state index >= 15 is 0 Å². The van der Waals surface area contributed by atoms with Crippen LogP contribution in [0.3, 0.4) is 0 Å². The molecular weight excluding hydrogens is 218 g/mol. The van der Waals surface area contributed by atoms with Crippen molar-refractivity contribution in [1.82, 2.24) is 4.90 Å². The average molecular weight is 237 g/mol. The number of piperidine rings is 3. The Morgan fingerprint density at radius 1 is 1.41 bits per heavy atom. The van der Waals surface area contributed by atoms with E-state index in [4.69, 9.17) is 4.74 Å². The van der Waals surface area contributed by atoms with Crippen molar-refractivity contribution in [2.24, 2.45) is 17.8 Å². The van der Waals surface area contributed by atoms with E-state index in [0.29, 0.717) is 24.5 Å². The van der Waals surface area contributed by atoms with Gasteiger partial charge in [-0.25, -0.2) is 0 Å². The molecule has 0 aromatic rings. The summed E-state index contributed by atoms with van der Waals surface area (Å²) in [6, 6.07) is 0.315. The number of carbonyl (C=O) groups is 2. The lowest BCUT2D eigenvalue weighted by Crippen LogP contribution is -2.62. The number of ether oxygens (including phenoxy) is 1. The Bertz CT molecular complexity index is 355. The first-order valence-corrected chi connectivity index (χ1v) is 6.69. The molecule has 4 nitrogen and oxygen atoms in total. The van der Waals surface area contributed by atoms with Crippen LogP contribution in [0.2, 0.25) is 0 Å². The second kappa shape index (κ2) is 4.00. The molecule has 1 amide bonds. The monoisotopic (exact) mass is 237 g/mol. The Kier molecular flexibility index (Phi) is 2.60. The largest absolute Gasteiger partial charge is 0.466 e. The molecule has 0 radical (unpaired) electrons. The Labute approximate surface area is 101 Å². The summed E-state index contributed by atoms with van der Waals surface area (Å²) >= 11 is 0. The first-order chi connectivity index (χ1) is 8.22. The van der Waals surface area contributed by atoms with Gasteiger partial charge >= 0.3 is 5.97 Å². The van der Waals surface area contributed by atoms with Gasteiger partial charge in [0, 0.05) is 18.5 Å². The molecule has 4 aliphatic rings. The third kappa shape index (κ3) is 1.57. The highest BCUT2D eigenvalue weighted by atomic mass is 16.5.